The third-order valence-corrected chi connectivity index (χ3v) is 3.49. The van der Waals surface area contributed by atoms with Crippen molar-refractivity contribution >= 4 is 5.88 Å². The summed E-state index contributed by atoms with van der Waals surface area (Å²) in [7, 11) is 0. The second-order valence-electron chi connectivity index (χ2n) is 5.12. The standard InChI is InChI=1S/C12H18N2O3/c1-12(6-2-3-7-12)9-13-8-10-4-5-11(17-10)14(15)16/h4-5,13H,2-3,6-9H2,1H3. The summed E-state index contributed by atoms with van der Waals surface area (Å²) in [6.07, 6.45) is 5.14. The van der Waals surface area contributed by atoms with E-state index in [1.54, 1.807) is 6.07 Å². The van der Waals surface area contributed by atoms with Gasteiger partial charge in [0.15, 0.2) is 0 Å². The molecule has 1 heterocycles. The number of hydrogen-bond donors (Lipinski definition) is 1. The molecule has 0 saturated heterocycles. The van der Waals surface area contributed by atoms with Crippen molar-refractivity contribution in [3.05, 3.63) is 28.0 Å². The van der Waals surface area contributed by atoms with Crippen molar-refractivity contribution in [2.24, 2.45) is 5.41 Å². The Hall–Kier alpha value is -1.36. The average Bonchev–Trinajstić information content (AvgIpc) is 2.88. The van der Waals surface area contributed by atoms with E-state index >= 15 is 0 Å². The van der Waals surface area contributed by atoms with Gasteiger partial charge in [0.25, 0.3) is 0 Å². The van der Waals surface area contributed by atoms with Crippen molar-refractivity contribution in [3.8, 4) is 0 Å². The first kappa shape index (κ1) is 12.1. The SMILES string of the molecule is CC1(CNCc2ccc([N+](=O)[O-])o2)CCCC1. The zero-order valence-electron chi connectivity index (χ0n) is 10.1. The largest absolute Gasteiger partial charge is 0.433 e. The zero-order chi connectivity index (χ0) is 12.3. The molecule has 1 aromatic heterocycles. The van der Waals surface area contributed by atoms with Crippen LogP contribution in [0.3, 0.4) is 0 Å². The first-order chi connectivity index (χ1) is 8.09. The maximum atomic E-state index is 10.4. The molecule has 1 aliphatic rings. The van der Waals surface area contributed by atoms with Crippen LogP contribution < -0.4 is 5.32 Å². The predicted molar refractivity (Wildman–Crippen MR) is 63.6 cm³/mol. The van der Waals surface area contributed by atoms with Crippen LogP contribution >= 0.6 is 0 Å². The van der Waals surface area contributed by atoms with Crippen LogP contribution in [0.5, 0.6) is 0 Å². The quantitative estimate of drug-likeness (QED) is 0.632. The van der Waals surface area contributed by atoms with Crippen LogP contribution in [-0.2, 0) is 6.54 Å². The smallest absolute Gasteiger partial charge is 0.404 e. The highest BCUT2D eigenvalue weighted by Gasteiger charge is 2.27. The third kappa shape index (κ3) is 3.06. The van der Waals surface area contributed by atoms with Gasteiger partial charge in [-0.15, -0.1) is 0 Å². The van der Waals surface area contributed by atoms with E-state index < -0.39 is 4.92 Å². The Balaban J connectivity index is 1.79. The summed E-state index contributed by atoms with van der Waals surface area (Å²) in [6, 6.07) is 3.05. The summed E-state index contributed by atoms with van der Waals surface area (Å²) in [5.41, 5.74) is 0.387. The van der Waals surface area contributed by atoms with Crippen LogP contribution in [0, 0.1) is 15.5 Å². The molecule has 0 bridgehead atoms. The van der Waals surface area contributed by atoms with Gasteiger partial charge in [0.05, 0.1) is 12.6 Å². The molecule has 0 unspecified atom stereocenters. The Morgan fingerprint density at radius 1 is 1.47 bits per heavy atom. The van der Waals surface area contributed by atoms with Crippen LogP contribution in [0.15, 0.2) is 16.5 Å². The van der Waals surface area contributed by atoms with Crippen LogP contribution in [0.2, 0.25) is 0 Å². The number of hydrogen-bond acceptors (Lipinski definition) is 4. The van der Waals surface area contributed by atoms with Gasteiger partial charge in [-0.3, -0.25) is 10.1 Å². The molecule has 1 aliphatic carbocycles. The minimum atomic E-state index is -0.512. The third-order valence-electron chi connectivity index (χ3n) is 3.49. The van der Waals surface area contributed by atoms with E-state index in [0.717, 1.165) is 6.54 Å². The summed E-state index contributed by atoms with van der Waals surface area (Å²) < 4.78 is 5.08. The highest BCUT2D eigenvalue weighted by atomic mass is 16.6. The molecular weight excluding hydrogens is 220 g/mol. The molecular formula is C12H18N2O3. The molecule has 0 spiro atoms. The summed E-state index contributed by atoms with van der Waals surface area (Å²) in [6.45, 7) is 3.79. The zero-order valence-corrected chi connectivity index (χ0v) is 10.1. The number of nitro groups is 1. The molecule has 94 valence electrons. The van der Waals surface area contributed by atoms with Crippen LogP contribution in [-0.4, -0.2) is 11.5 Å². The lowest BCUT2D eigenvalue weighted by Gasteiger charge is -2.23. The molecule has 0 radical (unpaired) electrons. The maximum Gasteiger partial charge on any atom is 0.433 e. The molecule has 17 heavy (non-hydrogen) atoms. The Morgan fingerprint density at radius 2 is 2.18 bits per heavy atom. The molecule has 0 aliphatic heterocycles. The number of furan rings is 1. The van der Waals surface area contributed by atoms with Gasteiger partial charge in [0.2, 0.25) is 0 Å². The first-order valence-electron chi connectivity index (χ1n) is 6.03. The molecule has 5 heteroatoms. The molecule has 1 aromatic rings. The summed E-state index contributed by atoms with van der Waals surface area (Å²) >= 11 is 0. The van der Waals surface area contributed by atoms with Gasteiger partial charge in [-0.05, 0) is 24.3 Å². The maximum absolute atomic E-state index is 10.4. The van der Waals surface area contributed by atoms with E-state index in [-0.39, 0.29) is 5.88 Å². The van der Waals surface area contributed by atoms with E-state index in [9.17, 15) is 10.1 Å². The average molecular weight is 238 g/mol. The Bertz CT molecular complexity index is 394. The lowest BCUT2D eigenvalue weighted by Crippen LogP contribution is -2.28. The Morgan fingerprint density at radius 3 is 2.76 bits per heavy atom. The van der Waals surface area contributed by atoms with Gasteiger partial charge in [0.1, 0.15) is 10.7 Å². The van der Waals surface area contributed by atoms with Crippen molar-refractivity contribution in [1.29, 1.82) is 0 Å². The Kier molecular flexibility index (Phi) is 3.47. The van der Waals surface area contributed by atoms with E-state index in [2.05, 4.69) is 12.2 Å². The fourth-order valence-electron chi connectivity index (χ4n) is 2.45. The van der Waals surface area contributed by atoms with Gasteiger partial charge < -0.3 is 9.73 Å². The monoisotopic (exact) mass is 238 g/mol. The van der Waals surface area contributed by atoms with Gasteiger partial charge in [0, 0.05) is 6.54 Å². The van der Waals surface area contributed by atoms with Crippen LogP contribution in [0.25, 0.3) is 0 Å². The highest BCUT2D eigenvalue weighted by molar-refractivity contribution is 5.17. The fraction of sp³-hybridized carbons (Fsp3) is 0.667. The second-order valence-corrected chi connectivity index (χ2v) is 5.12. The van der Waals surface area contributed by atoms with Crippen molar-refractivity contribution in [3.63, 3.8) is 0 Å². The van der Waals surface area contributed by atoms with Crippen LogP contribution in [0.4, 0.5) is 5.88 Å². The van der Waals surface area contributed by atoms with Crippen molar-refractivity contribution in [1.82, 2.24) is 5.32 Å². The molecule has 2 rings (SSSR count). The van der Waals surface area contributed by atoms with Crippen molar-refractivity contribution in [2.75, 3.05) is 6.54 Å². The van der Waals surface area contributed by atoms with E-state index in [1.807, 2.05) is 0 Å². The molecule has 1 saturated carbocycles. The first-order valence-corrected chi connectivity index (χ1v) is 6.03. The predicted octanol–water partition coefficient (Wildman–Crippen LogP) is 2.86. The van der Waals surface area contributed by atoms with Gasteiger partial charge in [-0.25, -0.2) is 0 Å². The van der Waals surface area contributed by atoms with Gasteiger partial charge in [-0.2, -0.15) is 0 Å². The topological polar surface area (TPSA) is 68.3 Å². The minimum Gasteiger partial charge on any atom is -0.404 e. The van der Waals surface area contributed by atoms with Crippen molar-refractivity contribution in [2.45, 2.75) is 39.2 Å². The van der Waals surface area contributed by atoms with Crippen LogP contribution in [0.1, 0.15) is 38.4 Å². The number of rotatable bonds is 5. The number of nitrogens with one attached hydrogen (secondary N) is 1. The normalized spacial score (nSPS) is 18.4. The lowest BCUT2D eigenvalue weighted by molar-refractivity contribution is -0.402. The summed E-state index contributed by atoms with van der Waals surface area (Å²) in [5, 5.41) is 13.8. The second kappa shape index (κ2) is 4.87. The molecule has 5 nitrogen and oxygen atoms in total. The van der Waals surface area contributed by atoms with Gasteiger partial charge >= 0.3 is 5.88 Å². The van der Waals surface area contributed by atoms with Crippen molar-refractivity contribution < 1.29 is 9.34 Å². The summed E-state index contributed by atoms with van der Waals surface area (Å²) in [5.74, 6) is 0.437. The van der Waals surface area contributed by atoms with E-state index in [0.29, 0.717) is 17.7 Å². The Labute approximate surface area is 100 Å². The highest BCUT2D eigenvalue weighted by Crippen LogP contribution is 2.36. The molecule has 0 amide bonds. The minimum absolute atomic E-state index is 0.186. The lowest BCUT2D eigenvalue weighted by atomic mass is 9.89. The molecule has 1 fully saturated rings. The van der Waals surface area contributed by atoms with Gasteiger partial charge in [-0.1, -0.05) is 19.8 Å². The molecule has 0 aromatic carbocycles. The molecule has 1 N–H and O–H groups in total. The number of nitrogens with zero attached hydrogens (tertiary/aromatic N) is 1. The fourth-order valence-corrected chi connectivity index (χ4v) is 2.45. The summed E-state index contributed by atoms with van der Waals surface area (Å²) in [4.78, 5) is 9.93. The molecule has 0 atom stereocenters. The van der Waals surface area contributed by atoms with E-state index in [4.69, 9.17) is 4.42 Å². The van der Waals surface area contributed by atoms with E-state index in [1.165, 1.54) is 31.7 Å².